The van der Waals surface area contributed by atoms with Gasteiger partial charge in [0.15, 0.2) is 11.7 Å². The topological polar surface area (TPSA) is 16.8 Å². The Hall–Kier alpha value is -3.33. The van der Waals surface area contributed by atoms with E-state index in [9.17, 15) is 4.39 Å². The monoisotopic (exact) mass is 479 g/mol. The summed E-state index contributed by atoms with van der Waals surface area (Å²) in [6.07, 6.45) is 5.46. The second-order valence-electron chi connectivity index (χ2n) is 10.1. The molecule has 2 unspecified atom stereocenters. The Morgan fingerprint density at radius 2 is 1.58 bits per heavy atom. The van der Waals surface area contributed by atoms with Gasteiger partial charge < -0.3 is 0 Å². The number of hydrogen-bond donors (Lipinski definition) is 0. The Morgan fingerprint density at radius 3 is 2.25 bits per heavy atom. The third-order valence-corrected chi connectivity index (χ3v) is 8.35. The first-order chi connectivity index (χ1) is 17.4. The van der Waals surface area contributed by atoms with Crippen molar-refractivity contribution < 1.29 is 8.96 Å². The van der Waals surface area contributed by atoms with E-state index in [2.05, 4.69) is 80.9 Å². The van der Waals surface area contributed by atoms with Crippen molar-refractivity contribution in [3.05, 3.63) is 95.4 Å². The van der Waals surface area contributed by atoms with Crippen molar-refractivity contribution in [1.29, 1.82) is 0 Å². The number of aryl methyl sites for hydroxylation is 2. The Morgan fingerprint density at radius 1 is 0.861 bits per heavy atom. The average molecular weight is 480 g/mol. The molecule has 3 heteroatoms. The first kappa shape index (κ1) is 24.4. The number of rotatable bonds is 4. The first-order valence-electron chi connectivity index (χ1n) is 13.3. The lowest BCUT2D eigenvalue weighted by atomic mass is 9.78. The van der Waals surface area contributed by atoms with Gasteiger partial charge in [-0.1, -0.05) is 87.4 Å². The first-order valence-corrected chi connectivity index (χ1v) is 13.3. The van der Waals surface area contributed by atoms with Gasteiger partial charge in [-0.25, -0.2) is 9.37 Å². The second-order valence-corrected chi connectivity index (χ2v) is 10.1. The Bertz CT molecular complexity index is 1440. The van der Waals surface area contributed by atoms with Crippen molar-refractivity contribution in [3.8, 4) is 33.8 Å². The smallest absolute Gasteiger partial charge is 0.234 e. The fourth-order valence-corrected chi connectivity index (χ4v) is 6.45. The lowest BCUT2D eigenvalue weighted by molar-refractivity contribution is -0.735. The predicted molar refractivity (Wildman–Crippen MR) is 146 cm³/mol. The fourth-order valence-electron chi connectivity index (χ4n) is 6.45. The maximum Gasteiger partial charge on any atom is 0.239 e. The zero-order valence-corrected chi connectivity index (χ0v) is 22.3. The summed E-state index contributed by atoms with van der Waals surface area (Å²) in [5, 5.41) is 0. The maximum atomic E-state index is 14.2. The fraction of sp³-hybridized carbons (Fsp3) is 0.333. The van der Waals surface area contributed by atoms with Crippen LogP contribution < -0.4 is 4.57 Å². The highest BCUT2D eigenvalue weighted by Gasteiger charge is 2.77. The minimum absolute atomic E-state index is 0.0162. The lowest BCUT2D eigenvalue weighted by Crippen LogP contribution is -2.55. The largest absolute Gasteiger partial charge is 0.239 e. The molecule has 6 rings (SSSR count). The molecule has 0 radical (unpaired) electrons. The van der Waals surface area contributed by atoms with E-state index in [4.69, 9.17) is 4.98 Å². The molecule has 1 aliphatic heterocycles. The molecule has 0 spiro atoms. The molecule has 0 amide bonds. The molecular weight excluding hydrogens is 443 g/mol. The van der Waals surface area contributed by atoms with Crippen LogP contribution in [0.1, 0.15) is 63.6 Å². The molecule has 1 aliphatic carbocycles. The van der Waals surface area contributed by atoms with E-state index in [0.29, 0.717) is 0 Å². The van der Waals surface area contributed by atoms with Crippen LogP contribution in [0.2, 0.25) is 0 Å². The van der Waals surface area contributed by atoms with Gasteiger partial charge >= 0.3 is 0 Å². The van der Waals surface area contributed by atoms with Gasteiger partial charge in [-0.3, -0.25) is 0 Å². The number of nitrogens with zero attached hydrogens (tertiary/aromatic N) is 2. The summed E-state index contributed by atoms with van der Waals surface area (Å²) in [6.45, 7) is 12.9. The van der Waals surface area contributed by atoms with Crippen molar-refractivity contribution in [3.63, 3.8) is 0 Å². The molecule has 2 aliphatic rings. The molecule has 184 valence electrons. The van der Waals surface area contributed by atoms with E-state index < -0.39 is 0 Å². The molecule has 3 aromatic carbocycles. The molecule has 0 N–H and O–H groups in total. The average Bonchev–Trinajstić information content (AvgIpc) is 3.61. The van der Waals surface area contributed by atoms with Gasteiger partial charge in [0.2, 0.25) is 5.69 Å². The minimum Gasteiger partial charge on any atom is -0.234 e. The van der Waals surface area contributed by atoms with Gasteiger partial charge in [-0.15, -0.1) is 0 Å². The Balaban J connectivity index is 0.00000130. The van der Waals surface area contributed by atoms with Gasteiger partial charge in [0.25, 0.3) is 0 Å². The highest BCUT2D eigenvalue weighted by Crippen LogP contribution is 2.68. The summed E-state index contributed by atoms with van der Waals surface area (Å²) in [7, 11) is 0. The molecular formula is C33H36FN2+. The van der Waals surface area contributed by atoms with Gasteiger partial charge in [0, 0.05) is 24.0 Å². The van der Waals surface area contributed by atoms with Crippen molar-refractivity contribution in [2.75, 3.05) is 0 Å². The summed E-state index contributed by atoms with van der Waals surface area (Å²) < 4.78 is 16.7. The Kier molecular flexibility index (Phi) is 6.06. The van der Waals surface area contributed by atoms with Crippen LogP contribution in [0.4, 0.5) is 4.39 Å². The summed E-state index contributed by atoms with van der Waals surface area (Å²) in [6, 6.07) is 22.3. The van der Waals surface area contributed by atoms with E-state index in [1.54, 1.807) is 12.1 Å². The lowest BCUT2D eigenvalue weighted by Gasteiger charge is -2.30. The summed E-state index contributed by atoms with van der Waals surface area (Å²) >= 11 is 0. The Labute approximate surface area is 214 Å². The number of benzene rings is 3. The van der Waals surface area contributed by atoms with Crippen LogP contribution in [-0.2, 0) is 11.0 Å². The third-order valence-electron chi connectivity index (χ3n) is 8.35. The highest BCUT2D eigenvalue weighted by atomic mass is 19.1. The zero-order valence-electron chi connectivity index (χ0n) is 22.3. The molecule has 36 heavy (non-hydrogen) atoms. The second kappa shape index (κ2) is 8.96. The quantitative estimate of drug-likeness (QED) is 0.269. The molecule has 2 nitrogen and oxygen atoms in total. The third kappa shape index (κ3) is 3.43. The number of fused-ring (bicyclic) bond motifs is 6. The molecule has 2 heterocycles. The molecule has 0 saturated heterocycles. The van der Waals surface area contributed by atoms with Gasteiger partial charge in [-0.05, 0) is 44.0 Å². The summed E-state index contributed by atoms with van der Waals surface area (Å²) in [5.41, 5.74) is 10.3. The standard InChI is InChI=1S/C31H30FN2.C2H6/c1-5-30-19-31(30,6-2)34-18-27(23-8-7-9-24(32)17-23)33-28(22-13-10-20(3)11-14-22)29(34)25-15-12-21(4)16-26(25)30;1-2/h7-18H,5-6,19H2,1-4H3;1-2H3/q+1;. The van der Waals surface area contributed by atoms with Gasteiger partial charge in [0.05, 0.1) is 11.0 Å². The van der Waals surface area contributed by atoms with Crippen LogP contribution in [0.3, 0.4) is 0 Å². The summed E-state index contributed by atoms with van der Waals surface area (Å²) in [5.74, 6) is -0.237. The van der Waals surface area contributed by atoms with E-state index >= 15 is 0 Å². The van der Waals surface area contributed by atoms with Crippen molar-refractivity contribution in [2.45, 2.75) is 71.8 Å². The van der Waals surface area contributed by atoms with E-state index in [0.717, 1.165) is 41.8 Å². The number of hydrogen-bond acceptors (Lipinski definition) is 1. The molecule has 4 aromatic rings. The molecule has 1 fully saturated rings. The van der Waals surface area contributed by atoms with E-state index in [1.165, 1.54) is 34.0 Å². The molecule has 1 saturated carbocycles. The van der Waals surface area contributed by atoms with Crippen molar-refractivity contribution in [2.24, 2.45) is 0 Å². The maximum absolute atomic E-state index is 14.2. The van der Waals surface area contributed by atoms with Crippen LogP contribution in [0.15, 0.2) is 72.9 Å². The highest BCUT2D eigenvalue weighted by molar-refractivity contribution is 5.82. The molecule has 0 bridgehead atoms. The van der Waals surface area contributed by atoms with Crippen LogP contribution in [0, 0.1) is 19.7 Å². The SMILES string of the molecule is CC.CCC12CC1(CC)[n+]1cc(-c3cccc(F)c3)nc(-c3ccc(C)cc3)c1-c1ccc(C)cc12. The molecule has 2 atom stereocenters. The minimum atomic E-state index is -0.237. The van der Waals surface area contributed by atoms with Crippen LogP contribution >= 0.6 is 0 Å². The molecule has 1 aromatic heterocycles. The van der Waals surface area contributed by atoms with Crippen molar-refractivity contribution in [1.82, 2.24) is 4.98 Å². The van der Waals surface area contributed by atoms with Gasteiger partial charge in [-0.2, -0.15) is 4.57 Å². The van der Waals surface area contributed by atoms with Crippen LogP contribution in [-0.4, -0.2) is 4.98 Å². The van der Waals surface area contributed by atoms with E-state index in [1.807, 2.05) is 19.9 Å². The van der Waals surface area contributed by atoms with Crippen LogP contribution in [0.25, 0.3) is 33.8 Å². The summed E-state index contributed by atoms with van der Waals surface area (Å²) in [4.78, 5) is 5.20. The van der Waals surface area contributed by atoms with Crippen LogP contribution in [0.5, 0.6) is 0 Å². The van der Waals surface area contributed by atoms with Crippen molar-refractivity contribution >= 4 is 0 Å². The number of aromatic nitrogens is 2. The predicted octanol–water partition coefficient (Wildman–Crippen LogP) is 8.32. The van der Waals surface area contributed by atoms with E-state index in [-0.39, 0.29) is 16.8 Å². The number of halogens is 1. The van der Waals surface area contributed by atoms with Gasteiger partial charge in [0.1, 0.15) is 17.2 Å². The zero-order chi connectivity index (χ0) is 25.7. The normalized spacial score (nSPS) is 21.0.